The van der Waals surface area contributed by atoms with Crippen LogP contribution in [0.25, 0.3) is 0 Å². The minimum Gasteiger partial charge on any atom is -0.353 e. The highest BCUT2D eigenvalue weighted by Gasteiger charge is 2.49. The Bertz CT molecular complexity index is 537. The quantitative estimate of drug-likeness (QED) is 0.833. The molecule has 0 saturated heterocycles. The summed E-state index contributed by atoms with van der Waals surface area (Å²) in [5.41, 5.74) is 7.48. The van der Waals surface area contributed by atoms with Crippen LogP contribution in [-0.4, -0.2) is 18.0 Å². The van der Waals surface area contributed by atoms with Gasteiger partial charge in [-0.2, -0.15) is 0 Å². The number of nitrogens with one attached hydrogen (secondary N) is 1. The molecule has 5 atom stereocenters. The molecule has 5 heteroatoms. The van der Waals surface area contributed by atoms with E-state index in [0.29, 0.717) is 11.8 Å². The van der Waals surface area contributed by atoms with E-state index in [-0.39, 0.29) is 36.3 Å². The number of fused-ring (bicyclic) bond motifs is 2. The molecular formula is C17H24BrClN2O. The van der Waals surface area contributed by atoms with E-state index in [2.05, 4.69) is 40.3 Å². The zero-order chi connectivity index (χ0) is 15.0. The van der Waals surface area contributed by atoms with Gasteiger partial charge in [-0.15, -0.1) is 12.4 Å². The summed E-state index contributed by atoms with van der Waals surface area (Å²) < 4.78 is 1.08. The maximum absolute atomic E-state index is 12.5. The van der Waals surface area contributed by atoms with Gasteiger partial charge in [0.05, 0.1) is 5.92 Å². The molecule has 0 spiro atoms. The lowest BCUT2D eigenvalue weighted by Crippen LogP contribution is -2.47. The summed E-state index contributed by atoms with van der Waals surface area (Å²) in [7, 11) is 0. The van der Waals surface area contributed by atoms with Crippen molar-refractivity contribution in [2.45, 2.75) is 44.7 Å². The minimum absolute atomic E-state index is 0. The average molecular weight is 388 g/mol. The molecule has 3 nitrogen and oxygen atoms in total. The zero-order valence-corrected chi connectivity index (χ0v) is 15.2. The van der Waals surface area contributed by atoms with Crippen molar-refractivity contribution in [2.75, 3.05) is 0 Å². The van der Waals surface area contributed by atoms with Gasteiger partial charge in [-0.05, 0) is 62.1 Å². The molecule has 0 aromatic heterocycles. The smallest absolute Gasteiger partial charge is 0.225 e. The van der Waals surface area contributed by atoms with Crippen LogP contribution >= 0.6 is 28.3 Å². The number of nitrogens with two attached hydrogens (primary N) is 1. The topological polar surface area (TPSA) is 55.1 Å². The highest BCUT2D eigenvalue weighted by molar-refractivity contribution is 9.10. The second kappa shape index (κ2) is 7.33. The van der Waals surface area contributed by atoms with E-state index in [1.165, 1.54) is 18.4 Å². The average Bonchev–Trinajstić information content (AvgIpc) is 2.98. The van der Waals surface area contributed by atoms with E-state index < -0.39 is 0 Å². The second-order valence-corrected chi connectivity index (χ2v) is 7.60. The second-order valence-electron chi connectivity index (χ2n) is 6.68. The fourth-order valence-corrected chi connectivity index (χ4v) is 4.58. The monoisotopic (exact) mass is 386 g/mol. The normalized spacial score (nSPS) is 30.7. The number of carbonyl (C=O) groups is 1. The van der Waals surface area contributed by atoms with Crippen molar-refractivity contribution in [3.05, 3.63) is 34.3 Å². The number of benzene rings is 1. The lowest BCUT2D eigenvalue weighted by atomic mass is 9.84. The van der Waals surface area contributed by atoms with Crippen molar-refractivity contribution in [1.29, 1.82) is 0 Å². The van der Waals surface area contributed by atoms with Crippen LogP contribution in [0.4, 0.5) is 0 Å². The molecule has 2 fully saturated rings. The van der Waals surface area contributed by atoms with Crippen molar-refractivity contribution >= 4 is 34.2 Å². The number of halogens is 2. The van der Waals surface area contributed by atoms with Gasteiger partial charge >= 0.3 is 0 Å². The minimum atomic E-state index is 0. The summed E-state index contributed by atoms with van der Waals surface area (Å²) >= 11 is 3.48. The fourth-order valence-electron chi connectivity index (χ4n) is 4.13. The van der Waals surface area contributed by atoms with E-state index in [4.69, 9.17) is 5.73 Å². The van der Waals surface area contributed by atoms with Crippen molar-refractivity contribution in [1.82, 2.24) is 5.32 Å². The van der Waals surface area contributed by atoms with Crippen LogP contribution in [0, 0.1) is 17.8 Å². The van der Waals surface area contributed by atoms with Crippen molar-refractivity contribution < 1.29 is 4.79 Å². The lowest BCUT2D eigenvalue weighted by molar-refractivity contribution is -0.127. The first-order valence-corrected chi connectivity index (χ1v) is 8.64. The Labute approximate surface area is 147 Å². The first kappa shape index (κ1) is 17.8. The molecule has 2 aliphatic rings. The molecule has 1 aromatic carbocycles. The van der Waals surface area contributed by atoms with Gasteiger partial charge in [0.15, 0.2) is 0 Å². The number of carbonyl (C=O) groups excluding carboxylic acids is 1. The summed E-state index contributed by atoms with van der Waals surface area (Å²) in [6.45, 7) is 2.07. The van der Waals surface area contributed by atoms with Crippen molar-refractivity contribution in [3.63, 3.8) is 0 Å². The van der Waals surface area contributed by atoms with Gasteiger partial charge in [-0.3, -0.25) is 4.79 Å². The SMILES string of the molecule is CC(Cc1cccc(Br)c1)NC(=O)C1C2CCC(C2)C1N.Cl. The van der Waals surface area contributed by atoms with Crippen LogP contribution in [0.5, 0.6) is 0 Å². The van der Waals surface area contributed by atoms with Gasteiger partial charge in [-0.25, -0.2) is 0 Å². The van der Waals surface area contributed by atoms with Gasteiger partial charge < -0.3 is 11.1 Å². The molecular weight excluding hydrogens is 364 g/mol. The van der Waals surface area contributed by atoms with Gasteiger partial charge in [0.25, 0.3) is 0 Å². The standard InChI is InChI=1S/C17H23BrN2O.ClH/c1-10(7-11-3-2-4-14(18)8-11)20-17(21)15-12-5-6-13(9-12)16(15)19;/h2-4,8,10,12-13,15-16H,5-7,9,19H2,1H3,(H,20,21);1H. The van der Waals surface area contributed by atoms with Gasteiger partial charge in [0.2, 0.25) is 5.91 Å². The molecule has 22 heavy (non-hydrogen) atoms. The Balaban J connectivity index is 0.00000176. The summed E-state index contributed by atoms with van der Waals surface area (Å²) in [6, 6.07) is 8.45. The van der Waals surface area contributed by atoms with E-state index in [0.717, 1.165) is 17.3 Å². The van der Waals surface area contributed by atoms with Gasteiger partial charge in [0, 0.05) is 16.6 Å². The molecule has 3 rings (SSSR count). The first-order chi connectivity index (χ1) is 10.0. The highest BCUT2D eigenvalue weighted by Crippen LogP contribution is 2.47. The third-order valence-electron chi connectivity index (χ3n) is 5.10. The Hall–Kier alpha value is -0.580. The summed E-state index contributed by atoms with van der Waals surface area (Å²) in [6.07, 6.45) is 4.39. The third-order valence-corrected chi connectivity index (χ3v) is 5.60. The van der Waals surface area contributed by atoms with Crippen LogP contribution in [-0.2, 0) is 11.2 Å². The number of amides is 1. The summed E-state index contributed by atoms with van der Waals surface area (Å²) in [4.78, 5) is 12.5. The molecule has 2 aliphatic carbocycles. The van der Waals surface area contributed by atoms with Gasteiger partial charge in [0.1, 0.15) is 0 Å². The molecule has 0 radical (unpaired) electrons. The van der Waals surface area contributed by atoms with E-state index in [1.807, 2.05) is 12.1 Å². The Morgan fingerprint density at radius 2 is 2.14 bits per heavy atom. The van der Waals surface area contributed by atoms with E-state index >= 15 is 0 Å². The van der Waals surface area contributed by atoms with Crippen LogP contribution in [0.1, 0.15) is 31.7 Å². The predicted octanol–water partition coefficient (Wildman–Crippen LogP) is 3.29. The molecule has 2 saturated carbocycles. The molecule has 5 unspecified atom stereocenters. The Kier molecular flexibility index (Phi) is 5.92. The fraction of sp³-hybridized carbons (Fsp3) is 0.588. The Morgan fingerprint density at radius 1 is 1.41 bits per heavy atom. The summed E-state index contributed by atoms with van der Waals surface area (Å²) in [5, 5.41) is 3.17. The van der Waals surface area contributed by atoms with Crippen molar-refractivity contribution in [2.24, 2.45) is 23.5 Å². The molecule has 1 aromatic rings. The van der Waals surface area contributed by atoms with Crippen LogP contribution in [0.2, 0.25) is 0 Å². The number of hydrogen-bond donors (Lipinski definition) is 2. The molecule has 0 aliphatic heterocycles. The molecule has 1 amide bonds. The lowest BCUT2D eigenvalue weighted by Gasteiger charge is -2.28. The van der Waals surface area contributed by atoms with Crippen molar-refractivity contribution in [3.8, 4) is 0 Å². The highest BCUT2D eigenvalue weighted by atomic mass is 79.9. The van der Waals surface area contributed by atoms with E-state index in [9.17, 15) is 4.79 Å². The number of hydrogen-bond acceptors (Lipinski definition) is 2. The molecule has 3 N–H and O–H groups in total. The zero-order valence-electron chi connectivity index (χ0n) is 12.8. The third kappa shape index (κ3) is 3.66. The first-order valence-electron chi connectivity index (χ1n) is 7.85. The molecule has 0 heterocycles. The maximum Gasteiger partial charge on any atom is 0.225 e. The van der Waals surface area contributed by atoms with Crippen LogP contribution < -0.4 is 11.1 Å². The van der Waals surface area contributed by atoms with Crippen LogP contribution in [0.3, 0.4) is 0 Å². The largest absolute Gasteiger partial charge is 0.353 e. The van der Waals surface area contributed by atoms with E-state index in [1.54, 1.807) is 0 Å². The maximum atomic E-state index is 12.5. The molecule has 2 bridgehead atoms. The summed E-state index contributed by atoms with van der Waals surface area (Å²) in [5.74, 6) is 1.29. The Morgan fingerprint density at radius 3 is 2.77 bits per heavy atom. The number of rotatable bonds is 4. The predicted molar refractivity (Wildman–Crippen MR) is 95.0 cm³/mol. The van der Waals surface area contributed by atoms with Gasteiger partial charge in [-0.1, -0.05) is 28.1 Å². The molecule has 122 valence electrons. The van der Waals surface area contributed by atoms with Crippen LogP contribution in [0.15, 0.2) is 28.7 Å².